The highest BCUT2D eigenvalue weighted by Crippen LogP contribution is 2.13. The Kier molecular flexibility index (Phi) is 4.15. The Bertz CT molecular complexity index is 750. The Morgan fingerprint density at radius 2 is 2.14 bits per heavy atom. The Hall–Kier alpha value is -2.27. The Labute approximate surface area is 130 Å². The first kappa shape index (κ1) is 14.7. The summed E-state index contributed by atoms with van der Waals surface area (Å²) in [6.45, 7) is 5.12. The van der Waals surface area contributed by atoms with E-state index in [1.165, 1.54) is 5.56 Å². The second-order valence-corrected chi connectivity index (χ2v) is 5.82. The van der Waals surface area contributed by atoms with E-state index in [1.54, 1.807) is 12.4 Å². The molecule has 0 fully saturated rings. The van der Waals surface area contributed by atoms with Crippen molar-refractivity contribution in [2.75, 3.05) is 7.05 Å². The van der Waals surface area contributed by atoms with E-state index in [9.17, 15) is 0 Å². The van der Waals surface area contributed by atoms with Crippen molar-refractivity contribution in [3.63, 3.8) is 0 Å². The minimum atomic E-state index is 0.377. The molecule has 3 heterocycles. The summed E-state index contributed by atoms with van der Waals surface area (Å²) in [6, 6.07) is 4.52. The molecule has 0 saturated carbocycles. The van der Waals surface area contributed by atoms with Gasteiger partial charge in [-0.3, -0.25) is 14.9 Å². The highest BCUT2D eigenvalue weighted by molar-refractivity contribution is 5.47. The van der Waals surface area contributed by atoms with Crippen molar-refractivity contribution in [1.82, 2.24) is 24.3 Å². The van der Waals surface area contributed by atoms with Gasteiger partial charge in [0.2, 0.25) is 0 Å². The van der Waals surface area contributed by atoms with E-state index in [0.717, 1.165) is 30.0 Å². The van der Waals surface area contributed by atoms with Crippen LogP contribution in [0.15, 0.2) is 43.1 Å². The number of hydrogen-bond acceptors (Lipinski definition) is 4. The molecular weight excluding hydrogens is 274 g/mol. The van der Waals surface area contributed by atoms with E-state index in [2.05, 4.69) is 52.4 Å². The van der Waals surface area contributed by atoms with Crippen LogP contribution in [-0.2, 0) is 13.0 Å². The maximum Gasteiger partial charge on any atom is 0.139 e. The topological polar surface area (TPSA) is 46.3 Å². The fraction of sp³-hybridized carbons (Fsp3) is 0.353. The summed E-state index contributed by atoms with van der Waals surface area (Å²) < 4.78 is 2.09. The van der Waals surface area contributed by atoms with E-state index in [-0.39, 0.29) is 0 Å². The molecule has 0 aliphatic rings. The molecular formula is C17H21N5. The van der Waals surface area contributed by atoms with Gasteiger partial charge in [-0.2, -0.15) is 0 Å². The lowest BCUT2D eigenvalue weighted by Gasteiger charge is -2.23. The first-order valence-electron chi connectivity index (χ1n) is 7.52. The van der Waals surface area contributed by atoms with Gasteiger partial charge < -0.3 is 4.40 Å². The average Bonchev–Trinajstić information content (AvgIpc) is 2.92. The summed E-state index contributed by atoms with van der Waals surface area (Å²) >= 11 is 0. The van der Waals surface area contributed by atoms with E-state index in [4.69, 9.17) is 4.98 Å². The third-order valence-electron chi connectivity index (χ3n) is 4.01. The summed E-state index contributed by atoms with van der Waals surface area (Å²) in [5, 5.41) is 0. The summed E-state index contributed by atoms with van der Waals surface area (Å²) in [4.78, 5) is 15.5. The predicted molar refractivity (Wildman–Crippen MR) is 86.6 cm³/mol. The van der Waals surface area contributed by atoms with Crippen LogP contribution in [0.3, 0.4) is 0 Å². The standard InChI is InChI=1S/C17H21N5/c1-13-5-4-8-22-12-16(20-17(13)22)11-21(3)14(2)9-15-10-18-6-7-19-15/h4-8,10,12,14H,9,11H2,1-3H3/t14-/m1/s1. The lowest BCUT2D eigenvalue weighted by Crippen LogP contribution is -2.30. The molecule has 5 heteroatoms. The molecule has 5 nitrogen and oxygen atoms in total. The number of fused-ring (bicyclic) bond motifs is 1. The molecule has 0 aliphatic carbocycles. The highest BCUT2D eigenvalue weighted by atomic mass is 15.1. The van der Waals surface area contributed by atoms with Crippen LogP contribution in [0.5, 0.6) is 0 Å². The first-order valence-corrected chi connectivity index (χ1v) is 7.52. The van der Waals surface area contributed by atoms with Gasteiger partial charge in [0, 0.05) is 50.0 Å². The van der Waals surface area contributed by atoms with Gasteiger partial charge in [-0.15, -0.1) is 0 Å². The maximum atomic E-state index is 4.73. The minimum absolute atomic E-state index is 0.377. The van der Waals surface area contributed by atoms with Gasteiger partial charge in [0.15, 0.2) is 0 Å². The largest absolute Gasteiger partial charge is 0.307 e. The molecule has 3 rings (SSSR count). The Balaban J connectivity index is 1.69. The van der Waals surface area contributed by atoms with Crippen LogP contribution >= 0.6 is 0 Å². The van der Waals surface area contributed by atoms with Crippen LogP contribution in [0.2, 0.25) is 0 Å². The molecule has 0 spiro atoms. The number of aromatic nitrogens is 4. The molecule has 0 bridgehead atoms. The maximum absolute atomic E-state index is 4.73. The summed E-state index contributed by atoms with van der Waals surface area (Å²) in [5.41, 5.74) is 4.34. The van der Waals surface area contributed by atoms with Crippen molar-refractivity contribution in [3.8, 4) is 0 Å². The molecule has 1 atom stereocenters. The van der Waals surface area contributed by atoms with Gasteiger partial charge in [0.1, 0.15) is 5.65 Å². The molecule has 3 aromatic heterocycles. The van der Waals surface area contributed by atoms with Crippen LogP contribution in [0.25, 0.3) is 5.65 Å². The Morgan fingerprint density at radius 3 is 2.86 bits per heavy atom. The summed E-state index contributed by atoms with van der Waals surface area (Å²) in [5.74, 6) is 0. The molecule has 3 aromatic rings. The summed E-state index contributed by atoms with van der Waals surface area (Å²) in [7, 11) is 2.12. The fourth-order valence-corrected chi connectivity index (χ4v) is 2.59. The van der Waals surface area contributed by atoms with Crippen LogP contribution in [0.1, 0.15) is 23.9 Å². The fourth-order valence-electron chi connectivity index (χ4n) is 2.59. The smallest absolute Gasteiger partial charge is 0.139 e. The van der Waals surface area contributed by atoms with Crippen molar-refractivity contribution in [2.45, 2.75) is 32.9 Å². The lowest BCUT2D eigenvalue weighted by molar-refractivity contribution is 0.244. The first-order chi connectivity index (χ1) is 10.6. The van der Waals surface area contributed by atoms with Crippen LogP contribution < -0.4 is 0 Å². The quantitative estimate of drug-likeness (QED) is 0.725. The SMILES string of the molecule is Cc1cccn2cc(CN(C)[C@H](C)Cc3cnccn3)nc12. The van der Waals surface area contributed by atoms with Crippen molar-refractivity contribution in [2.24, 2.45) is 0 Å². The third kappa shape index (κ3) is 3.14. The number of imidazole rings is 1. The third-order valence-corrected chi connectivity index (χ3v) is 4.01. The van der Waals surface area contributed by atoms with Gasteiger partial charge in [0.05, 0.1) is 11.4 Å². The number of aryl methyl sites for hydroxylation is 1. The predicted octanol–water partition coefficient (Wildman–Crippen LogP) is 2.50. The lowest BCUT2D eigenvalue weighted by atomic mass is 10.1. The van der Waals surface area contributed by atoms with E-state index in [0.29, 0.717) is 6.04 Å². The number of pyridine rings is 1. The van der Waals surface area contributed by atoms with Gasteiger partial charge in [-0.25, -0.2) is 4.98 Å². The molecule has 0 N–H and O–H groups in total. The molecule has 0 saturated heterocycles. The van der Waals surface area contributed by atoms with E-state index >= 15 is 0 Å². The van der Waals surface area contributed by atoms with Crippen molar-refractivity contribution >= 4 is 5.65 Å². The molecule has 0 aromatic carbocycles. The molecule has 22 heavy (non-hydrogen) atoms. The van der Waals surface area contributed by atoms with Crippen LogP contribution in [0, 0.1) is 6.92 Å². The second kappa shape index (κ2) is 6.23. The molecule has 0 unspecified atom stereocenters. The number of likely N-dealkylation sites (N-methyl/N-ethyl adjacent to an activating group) is 1. The van der Waals surface area contributed by atoms with Crippen LogP contribution in [-0.4, -0.2) is 37.3 Å². The van der Waals surface area contributed by atoms with Gasteiger partial charge in [-0.05, 0) is 32.5 Å². The zero-order valence-electron chi connectivity index (χ0n) is 13.3. The molecule has 0 aliphatic heterocycles. The van der Waals surface area contributed by atoms with Crippen LogP contribution in [0.4, 0.5) is 0 Å². The Morgan fingerprint density at radius 1 is 1.27 bits per heavy atom. The normalized spacial score (nSPS) is 12.9. The summed E-state index contributed by atoms with van der Waals surface area (Å²) in [6.07, 6.45) is 10.3. The van der Waals surface area contributed by atoms with E-state index < -0.39 is 0 Å². The highest BCUT2D eigenvalue weighted by Gasteiger charge is 2.13. The average molecular weight is 295 g/mol. The van der Waals surface area contributed by atoms with Gasteiger partial charge >= 0.3 is 0 Å². The molecule has 114 valence electrons. The zero-order chi connectivity index (χ0) is 15.5. The number of nitrogens with zero attached hydrogens (tertiary/aromatic N) is 5. The molecule has 0 radical (unpaired) electrons. The van der Waals surface area contributed by atoms with E-state index in [1.807, 2.05) is 18.5 Å². The monoisotopic (exact) mass is 295 g/mol. The minimum Gasteiger partial charge on any atom is -0.307 e. The number of hydrogen-bond donors (Lipinski definition) is 0. The van der Waals surface area contributed by atoms with Crippen molar-refractivity contribution < 1.29 is 0 Å². The van der Waals surface area contributed by atoms with Crippen molar-refractivity contribution in [1.29, 1.82) is 0 Å². The number of rotatable bonds is 5. The van der Waals surface area contributed by atoms with Crippen molar-refractivity contribution in [3.05, 3.63) is 60.1 Å². The second-order valence-electron chi connectivity index (χ2n) is 5.82. The zero-order valence-corrected chi connectivity index (χ0v) is 13.3. The molecule has 0 amide bonds. The van der Waals surface area contributed by atoms with Gasteiger partial charge in [-0.1, -0.05) is 6.07 Å². The van der Waals surface area contributed by atoms with Gasteiger partial charge in [0.25, 0.3) is 0 Å².